The van der Waals surface area contributed by atoms with Crippen LogP contribution < -0.4 is 5.32 Å². The SMILES string of the molecule is CN(CC(=O)Nc1ccccc1)Cc1ccccc1F. The van der Waals surface area contributed by atoms with E-state index in [1.165, 1.54) is 6.07 Å². The van der Waals surface area contributed by atoms with E-state index in [4.69, 9.17) is 0 Å². The highest BCUT2D eigenvalue weighted by Crippen LogP contribution is 2.09. The molecule has 2 aromatic carbocycles. The fourth-order valence-electron chi connectivity index (χ4n) is 1.94. The van der Waals surface area contributed by atoms with Crippen LogP contribution in [0.25, 0.3) is 0 Å². The minimum Gasteiger partial charge on any atom is -0.325 e. The Hall–Kier alpha value is -2.20. The lowest BCUT2D eigenvalue weighted by atomic mass is 10.2. The van der Waals surface area contributed by atoms with Gasteiger partial charge in [0.25, 0.3) is 0 Å². The first-order chi connectivity index (χ1) is 9.65. The van der Waals surface area contributed by atoms with E-state index in [9.17, 15) is 9.18 Å². The van der Waals surface area contributed by atoms with Gasteiger partial charge in [-0.15, -0.1) is 0 Å². The maximum Gasteiger partial charge on any atom is 0.238 e. The van der Waals surface area contributed by atoms with E-state index < -0.39 is 0 Å². The molecule has 20 heavy (non-hydrogen) atoms. The van der Waals surface area contributed by atoms with E-state index in [0.717, 1.165) is 5.69 Å². The predicted molar refractivity (Wildman–Crippen MR) is 77.8 cm³/mol. The van der Waals surface area contributed by atoms with Gasteiger partial charge in [0.1, 0.15) is 5.82 Å². The molecule has 0 aromatic heterocycles. The quantitative estimate of drug-likeness (QED) is 0.907. The topological polar surface area (TPSA) is 32.3 Å². The first-order valence-electron chi connectivity index (χ1n) is 6.42. The van der Waals surface area contributed by atoms with Crippen molar-refractivity contribution in [3.05, 3.63) is 66.0 Å². The number of benzene rings is 2. The minimum atomic E-state index is -0.247. The largest absolute Gasteiger partial charge is 0.325 e. The highest BCUT2D eigenvalue weighted by atomic mass is 19.1. The molecule has 0 unspecified atom stereocenters. The van der Waals surface area contributed by atoms with Crippen molar-refractivity contribution in [1.29, 1.82) is 0 Å². The molecule has 1 amide bonds. The number of halogens is 1. The summed E-state index contributed by atoms with van der Waals surface area (Å²) >= 11 is 0. The van der Waals surface area contributed by atoms with Crippen LogP contribution >= 0.6 is 0 Å². The van der Waals surface area contributed by atoms with Gasteiger partial charge in [-0.05, 0) is 25.2 Å². The van der Waals surface area contributed by atoms with Gasteiger partial charge in [-0.1, -0.05) is 36.4 Å². The van der Waals surface area contributed by atoms with Gasteiger partial charge in [0.2, 0.25) is 5.91 Å². The summed E-state index contributed by atoms with van der Waals surface area (Å²) in [4.78, 5) is 13.6. The third-order valence-electron chi connectivity index (χ3n) is 2.87. The zero-order valence-corrected chi connectivity index (χ0v) is 11.3. The first-order valence-corrected chi connectivity index (χ1v) is 6.42. The second-order valence-electron chi connectivity index (χ2n) is 4.68. The second kappa shape index (κ2) is 6.82. The standard InChI is InChI=1S/C16H17FN2O/c1-19(11-13-7-5-6-10-15(13)17)12-16(20)18-14-8-3-2-4-9-14/h2-10H,11-12H2,1H3,(H,18,20). The van der Waals surface area contributed by atoms with Gasteiger partial charge in [-0.3, -0.25) is 9.69 Å². The number of para-hydroxylation sites is 1. The first kappa shape index (κ1) is 14.2. The van der Waals surface area contributed by atoms with Crippen LogP contribution in [0.4, 0.5) is 10.1 Å². The second-order valence-corrected chi connectivity index (χ2v) is 4.68. The summed E-state index contributed by atoms with van der Waals surface area (Å²) < 4.78 is 13.5. The molecule has 2 aromatic rings. The molecule has 0 bridgehead atoms. The van der Waals surface area contributed by atoms with E-state index in [1.54, 1.807) is 30.1 Å². The molecule has 0 aliphatic rings. The summed E-state index contributed by atoms with van der Waals surface area (Å²) in [6.45, 7) is 0.609. The highest BCUT2D eigenvalue weighted by molar-refractivity contribution is 5.92. The van der Waals surface area contributed by atoms with Crippen molar-refractivity contribution in [2.75, 3.05) is 18.9 Å². The smallest absolute Gasteiger partial charge is 0.238 e. The number of rotatable bonds is 5. The van der Waals surface area contributed by atoms with Crippen molar-refractivity contribution in [1.82, 2.24) is 4.90 Å². The molecule has 0 aliphatic heterocycles. The number of amides is 1. The van der Waals surface area contributed by atoms with Crippen LogP contribution in [0, 0.1) is 5.82 Å². The number of anilines is 1. The highest BCUT2D eigenvalue weighted by Gasteiger charge is 2.09. The summed E-state index contributed by atoms with van der Waals surface area (Å²) in [6, 6.07) is 15.9. The Balaban J connectivity index is 1.87. The normalized spacial score (nSPS) is 10.6. The zero-order chi connectivity index (χ0) is 14.4. The number of carbonyl (C=O) groups is 1. The van der Waals surface area contributed by atoms with Gasteiger partial charge >= 0.3 is 0 Å². The maximum atomic E-state index is 13.5. The molecule has 4 heteroatoms. The van der Waals surface area contributed by atoms with Gasteiger partial charge in [0, 0.05) is 17.8 Å². The van der Waals surface area contributed by atoms with E-state index >= 15 is 0 Å². The Morgan fingerprint density at radius 2 is 1.75 bits per heavy atom. The van der Waals surface area contributed by atoms with Crippen molar-refractivity contribution in [2.24, 2.45) is 0 Å². The number of nitrogens with one attached hydrogen (secondary N) is 1. The molecular formula is C16H17FN2O. The summed E-state index contributed by atoms with van der Waals surface area (Å²) in [7, 11) is 1.79. The zero-order valence-electron chi connectivity index (χ0n) is 11.3. The molecule has 0 saturated heterocycles. The Kier molecular flexibility index (Phi) is 4.85. The van der Waals surface area contributed by atoms with Crippen LogP contribution in [0.3, 0.4) is 0 Å². The van der Waals surface area contributed by atoms with Crippen LogP contribution in [0.15, 0.2) is 54.6 Å². The van der Waals surface area contributed by atoms with Crippen LogP contribution in [0.5, 0.6) is 0 Å². The Morgan fingerprint density at radius 3 is 2.45 bits per heavy atom. The third-order valence-corrected chi connectivity index (χ3v) is 2.87. The number of carbonyl (C=O) groups excluding carboxylic acids is 1. The molecular weight excluding hydrogens is 255 g/mol. The Morgan fingerprint density at radius 1 is 1.10 bits per heavy atom. The van der Waals surface area contributed by atoms with Crippen molar-refractivity contribution in [3.8, 4) is 0 Å². The lowest BCUT2D eigenvalue weighted by Crippen LogP contribution is -2.30. The average molecular weight is 272 g/mol. The molecule has 1 N–H and O–H groups in total. The number of nitrogens with zero attached hydrogens (tertiary/aromatic N) is 1. The van der Waals surface area contributed by atoms with Gasteiger partial charge in [0.15, 0.2) is 0 Å². The van der Waals surface area contributed by atoms with E-state index in [1.807, 2.05) is 30.3 Å². The molecule has 0 fully saturated rings. The molecule has 0 heterocycles. The predicted octanol–water partition coefficient (Wildman–Crippen LogP) is 2.90. The van der Waals surface area contributed by atoms with Crippen LogP contribution in [-0.2, 0) is 11.3 Å². The maximum absolute atomic E-state index is 13.5. The monoisotopic (exact) mass is 272 g/mol. The molecule has 0 spiro atoms. The van der Waals surface area contributed by atoms with Gasteiger partial charge in [0.05, 0.1) is 6.54 Å². The summed E-state index contributed by atoms with van der Waals surface area (Å²) in [5, 5.41) is 2.80. The van der Waals surface area contributed by atoms with Crippen molar-refractivity contribution in [3.63, 3.8) is 0 Å². The lowest BCUT2D eigenvalue weighted by Gasteiger charge is -2.16. The van der Waals surface area contributed by atoms with Gasteiger partial charge in [-0.25, -0.2) is 4.39 Å². The van der Waals surface area contributed by atoms with Crippen molar-refractivity contribution < 1.29 is 9.18 Å². The fourth-order valence-corrected chi connectivity index (χ4v) is 1.94. The summed E-state index contributed by atoms with van der Waals surface area (Å²) in [5.74, 6) is -0.363. The van der Waals surface area contributed by atoms with E-state index in [2.05, 4.69) is 5.32 Å². The summed E-state index contributed by atoms with van der Waals surface area (Å²) in [5.41, 5.74) is 1.35. The van der Waals surface area contributed by atoms with E-state index in [-0.39, 0.29) is 18.3 Å². The van der Waals surface area contributed by atoms with Gasteiger partial charge < -0.3 is 5.32 Å². The molecule has 0 atom stereocenters. The van der Waals surface area contributed by atoms with Crippen LogP contribution in [0.1, 0.15) is 5.56 Å². The minimum absolute atomic E-state index is 0.116. The molecule has 0 radical (unpaired) electrons. The van der Waals surface area contributed by atoms with E-state index in [0.29, 0.717) is 12.1 Å². The average Bonchev–Trinajstić information content (AvgIpc) is 2.42. The Labute approximate surface area is 118 Å². The van der Waals surface area contributed by atoms with Crippen molar-refractivity contribution >= 4 is 11.6 Å². The summed E-state index contributed by atoms with van der Waals surface area (Å²) in [6.07, 6.45) is 0. The number of hydrogen-bond acceptors (Lipinski definition) is 2. The lowest BCUT2D eigenvalue weighted by molar-refractivity contribution is -0.117. The van der Waals surface area contributed by atoms with Crippen molar-refractivity contribution in [2.45, 2.75) is 6.54 Å². The Bertz CT molecular complexity index is 572. The number of hydrogen-bond donors (Lipinski definition) is 1. The van der Waals surface area contributed by atoms with Crippen LogP contribution in [0.2, 0.25) is 0 Å². The molecule has 0 saturated carbocycles. The molecule has 3 nitrogen and oxygen atoms in total. The third kappa shape index (κ3) is 4.17. The number of likely N-dealkylation sites (N-methyl/N-ethyl adjacent to an activating group) is 1. The van der Waals surface area contributed by atoms with Gasteiger partial charge in [-0.2, -0.15) is 0 Å². The van der Waals surface area contributed by atoms with Crippen LogP contribution in [-0.4, -0.2) is 24.4 Å². The fraction of sp³-hybridized carbons (Fsp3) is 0.188. The molecule has 0 aliphatic carbocycles. The molecule has 2 rings (SSSR count). The molecule has 104 valence electrons.